The molecule has 26 heavy (non-hydrogen) atoms. The number of hydrogen-bond acceptors (Lipinski definition) is 6. The molecule has 1 amide bonds. The summed E-state index contributed by atoms with van der Waals surface area (Å²) in [7, 11) is 0. The molecule has 0 saturated carbocycles. The van der Waals surface area contributed by atoms with Gasteiger partial charge in [0.15, 0.2) is 5.13 Å². The lowest BCUT2D eigenvalue weighted by Gasteiger charge is -2.34. The van der Waals surface area contributed by atoms with Gasteiger partial charge in [-0.3, -0.25) is 4.79 Å². The Labute approximate surface area is 153 Å². The summed E-state index contributed by atoms with van der Waals surface area (Å²) in [5.74, 6) is 1.01. The van der Waals surface area contributed by atoms with Crippen LogP contribution in [0, 0.1) is 5.82 Å². The van der Waals surface area contributed by atoms with Crippen molar-refractivity contribution in [2.45, 2.75) is 19.4 Å². The van der Waals surface area contributed by atoms with Crippen LogP contribution in [-0.4, -0.2) is 56.7 Å². The number of piperazine rings is 1. The Morgan fingerprint density at radius 1 is 1.12 bits per heavy atom. The molecule has 1 aromatic carbocycles. The van der Waals surface area contributed by atoms with Gasteiger partial charge < -0.3 is 14.4 Å². The lowest BCUT2D eigenvalue weighted by Crippen LogP contribution is -2.49. The maximum Gasteiger partial charge on any atom is 0.291 e. The number of benzene rings is 1. The number of hydrogen-bond donors (Lipinski definition) is 0. The molecule has 0 atom stereocenters. The Kier molecular flexibility index (Phi) is 3.63. The summed E-state index contributed by atoms with van der Waals surface area (Å²) < 4.78 is 16.6. The van der Waals surface area contributed by atoms with E-state index >= 15 is 0 Å². The standard InChI is InChI=1S/C17H17FN6OS/c18-11-3-1-4-12-14(11)19-17(26-12)23-9-7-22(8-10-23)16(25)15-21-20-13-5-2-6-24(13)15/h1,3-4H,2,5-10H2. The van der Waals surface area contributed by atoms with E-state index in [1.54, 1.807) is 6.07 Å². The zero-order valence-corrected chi connectivity index (χ0v) is 14.9. The number of rotatable bonds is 2. The number of para-hydroxylation sites is 1. The third-order valence-corrected chi connectivity index (χ3v) is 6.08. The molecular formula is C17H17FN6OS. The van der Waals surface area contributed by atoms with Crippen molar-refractivity contribution in [2.75, 3.05) is 31.1 Å². The van der Waals surface area contributed by atoms with Gasteiger partial charge in [0.2, 0.25) is 5.82 Å². The van der Waals surface area contributed by atoms with Crippen molar-refractivity contribution >= 4 is 32.6 Å². The molecule has 5 rings (SSSR count). The van der Waals surface area contributed by atoms with E-state index in [0.717, 1.165) is 35.0 Å². The Balaban J connectivity index is 1.31. The van der Waals surface area contributed by atoms with Crippen molar-refractivity contribution in [1.29, 1.82) is 0 Å². The summed E-state index contributed by atoms with van der Waals surface area (Å²) in [6, 6.07) is 5.01. The van der Waals surface area contributed by atoms with E-state index in [2.05, 4.69) is 20.1 Å². The number of anilines is 1. The van der Waals surface area contributed by atoms with E-state index < -0.39 is 0 Å². The number of halogens is 1. The van der Waals surface area contributed by atoms with Crippen molar-refractivity contribution in [1.82, 2.24) is 24.6 Å². The van der Waals surface area contributed by atoms with Crippen LogP contribution >= 0.6 is 11.3 Å². The molecule has 0 N–H and O–H groups in total. The highest BCUT2D eigenvalue weighted by Gasteiger charge is 2.29. The van der Waals surface area contributed by atoms with Gasteiger partial charge in [0.05, 0.1) is 4.70 Å². The largest absolute Gasteiger partial charge is 0.345 e. The molecule has 2 aliphatic heterocycles. The average Bonchev–Trinajstić information content (AvgIpc) is 3.37. The van der Waals surface area contributed by atoms with Crippen LogP contribution in [0.25, 0.3) is 10.2 Å². The number of carbonyl (C=O) groups excluding carboxylic acids is 1. The maximum atomic E-state index is 13.9. The normalized spacial score (nSPS) is 17.1. The maximum absolute atomic E-state index is 13.9. The molecule has 3 aromatic rings. The minimum absolute atomic E-state index is 0.0550. The fourth-order valence-corrected chi connectivity index (χ4v) is 4.62. The zero-order valence-electron chi connectivity index (χ0n) is 14.1. The van der Waals surface area contributed by atoms with Crippen LogP contribution in [-0.2, 0) is 13.0 Å². The lowest BCUT2D eigenvalue weighted by molar-refractivity contribution is 0.0729. The monoisotopic (exact) mass is 372 g/mol. The number of fused-ring (bicyclic) bond motifs is 2. The van der Waals surface area contributed by atoms with Crippen LogP contribution in [0.3, 0.4) is 0 Å². The molecule has 1 saturated heterocycles. The molecule has 0 aliphatic carbocycles. The van der Waals surface area contributed by atoms with E-state index in [-0.39, 0.29) is 11.7 Å². The molecule has 2 aromatic heterocycles. The average molecular weight is 372 g/mol. The zero-order chi connectivity index (χ0) is 17.7. The van der Waals surface area contributed by atoms with Crippen LogP contribution in [0.4, 0.5) is 9.52 Å². The Morgan fingerprint density at radius 3 is 2.77 bits per heavy atom. The molecule has 2 aliphatic rings. The number of amides is 1. The van der Waals surface area contributed by atoms with Crippen molar-refractivity contribution in [3.05, 3.63) is 35.7 Å². The van der Waals surface area contributed by atoms with Gasteiger partial charge in [-0.2, -0.15) is 0 Å². The number of carbonyl (C=O) groups is 1. The van der Waals surface area contributed by atoms with Gasteiger partial charge in [-0.1, -0.05) is 17.4 Å². The van der Waals surface area contributed by atoms with Crippen LogP contribution < -0.4 is 4.90 Å². The van der Waals surface area contributed by atoms with Gasteiger partial charge >= 0.3 is 0 Å². The van der Waals surface area contributed by atoms with Gasteiger partial charge in [0.25, 0.3) is 5.91 Å². The van der Waals surface area contributed by atoms with Crippen LogP contribution in [0.1, 0.15) is 22.9 Å². The number of aryl methyl sites for hydroxylation is 1. The molecular weight excluding hydrogens is 355 g/mol. The predicted molar refractivity (Wildman–Crippen MR) is 96.0 cm³/mol. The van der Waals surface area contributed by atoms with E-state index in [1.165, 1.54) is 17.4 Å². The van der Waals surface area contributed by atoms with E-state index in [1.807, 2.05) is 15.5 Å². The Hall–Kier alpha value is -2.55. The summed E-state index contributed by atoms with van der Waals surface area (Å²) in [5.41, 5.74) is 0.421. The van der Waals surface area contributed by atoms with E-state index in [9.17, 15) is 9.18 Å². The van der Waals surface area contributed by atoms with E-state index in [0.29, 0.717) is 37.5 Å². The molecule has 0 radical (unpaired) electrons. The second-order valence-corrected chi connectivity index (χ2v) is 7.57. The first-order chi connectivity index (χ1) is 12.7. The van der Waals surface area contributed by atoms with Gasteiger partial charge in [-0.05, 0) is 18.6 Å². The molecule has 0 spiro atoms. The molecule has 1 fully saturated rings. The fourth-order valence-electron chi connectivity index (χ4n) is 3.59. The molecule has 9 heteroatoms. The van der Waals surface area contributed by atoms with Crippen LogP contribution in [0.2, 0.25) is 0 Å². The summed E-state index contributed by atoms with van der Waals surface area (Å²) in [6.45, 7) is 3.36. The van der Waals surface area contributed by atoms with Gasteiger partial charge in [-0.15, -0.1) is 10.2 Å². The third-order valence-electron chi connectivity index (χ3n) is 5.00. The first kappa shape index (κ1) is 15.7. The molecule has 0 bridgehead atoms. The van der Waals surface area contributed by atoms with Crippen LogP contribution in [0.15, 0.2) is 18.2 Å². The number of aromatic nitrogens is 4. The molecule has 0 unspecified atom stereocenters. The van der Waals surface area contributed by atoms with Crippen molar-refractivity contribution in [3.63, 3.8) is 0 Å². The molecule has 4 heterocycles. The van der Waals surface area contributed by atoms with Crippen molar-refractivity contribution in [2.24, 2.45) is 0 Å². The number of thiazole rings is 1. The summed E-state index contributed by atoms with van der Waals surface area (Å²) in [4.78, 5) is 21.1. The summed E-state index contributed by atoms with van der Waals surface area (Å²) >= 11 is 1.49. The highest BCUT2D eigenvalue weighted by Crippen LogP contribution is 2.30. The minimum atomic E-state index is -0.292. The molecule has 134 valence electrons. The summed E-state index contributed by atoms with van der Waals surface area (Å²) in [6.07, 6.45) is 1.91. The number of nitrogens with zero attached hydrogens (tertiary/aromatic N) is 6. The second kappa shape index (κ2) is 6.01. The smallest absolute Gasteiger partial charge is 0.291 e. The first-order valence-corrected chi connectivity index (χ1v) is 9.54. The Morgan fingerprint density at radius 2 is 1.96 bits per heavy atom. The van der Waals surface area contributed by atoms with Gasteiger partial charge in [-0.25, -0.2) is 9.37 Å². The Bertz CT molecular complexity index is 990. The summed E-state index contributed by atoms with van der Waals surface area (Å²) in [5, 5.41) is 9.01. The van der Waals surface area contributed by atoms with Crippen molar-refractivity contribution < 1.29 is 9.18 Å². The quantitative estimate of drug-likeness (QED) is 0.688. The first-order valence-electron chi connectivity index (χ1n) is 8.72. The topological polar surface area (TPSA) is 67.2 Å². The third kappa shape index (κ3) is 2.45. The van der Waals surface area contributed by atoms with E-state index in [4.69, 9.17) is 0 Å². The highest BCUT2D eigenvalue weighted by molar-refractivity contribution is 7.22. The minimum Gasteiger partial charge on any atom is -0.345 e. The SMILES string of the molecule is O=C(c1nnc2n1CCC2)N1CCN(c2nc3c(F)cccc3s2)CC1. The second-order valence-electron chi connectivity index (χ2n) is 6.56. The van der Waals surface area contributed by atoms with Crippen molar-refractivity contribution in [3.8, 4) is 0 Å². The lowest BCUT2D eigenvalue weighted by atomic mass is 10.3. The van der Waals surface area contributed by atoms with Gasteiger partial charge in [0.1, 0.15) is 17.2 Å². The van der Waals surface area contributed by atoms with Crippen LogP contribution in [0.5, 0.6) is 0 Å². The van der Waals surface area contributed by atoms with Gasteiger partial charge in [0, 0.05) is 39.1 Å². The molecule has 7 nitrogen and oxygen atoms in total. The highest BCUT2D eigenvalue weighted by atomic mass is 32.1. The predicted octanol–water partition coefficient (Wildman–Crippen LogP) is 1.94. The fraction of sp³-hybridized carbons (Fsp3) is 0.412.